The number of hydrogen-bond acceptors (Lipinski definition) is 6. The van der Waals surface area contributed by atoms with E-state index in [0.717, 1.165) is 12.4 Å². The third kappa shape index (κ3) is 7.82. The number of anilines is 1. The predicted octanol–water partition coefficient (Wildman–Crippen LogP) is 2.64. The normalized spacial score (nSPS) is 11.5. The summed E-state index contributed by atoms with van der Waals surface area (Å²) in [4.78, 5) is 8.70. The molecule has 1 heterocycles. The van der Waals surface area contributed by atoms with Gasteiger partial charge in [0.15, 0.2) is 5.82 Å². The first-order valence-corrected chi connectivity index (χ1v) is 7.41. The number of nitrogens with one attached hydrogen (secondary N) is 1. The molecule has 1 aromatic heterocycles. The SMILES string of the molecule is CCNc1cc(OCCOC(C)(C)C)nc(COCC)n1. The number of rotatable bonds is 9. The van der Waals surface area contributed by atoms with E-state index in [1.807, 2.05) is 34.6 Å². The second kappa shape index (κ2) is 8.79. The number of aromatic nitrogens is 2. The topological polar surface area (TPSA) is 65.5 Å². The van der Waals surface area contributed by atoms with Crippen molar-refractivity contribution < 1.29 is 14.2 Å². The van der Waals surface area contributed by atoms with Crippen molar-refractivity contribution >= 4 is 5.82 Å². The molecular formula is C15H27N3O3. The van der Waals surface area contributed by atoms with Crippen molar-refractivity contribution in [3.05, 3.63) is 11.9 Å². The van der Waals surface area contributed by atoms with E-state index in [1.54, 1.807) is 6.07 Å². The van der Waals surface area contributed by atoms with E-state index >= 15 is 0 Å². The van der Waals surface area contributed by atoms with Crippen LogP contribution in [0.2, 0.25) is 0 Å². The monoisotopic (exact) mass is 297 g/mol. The number of ether oxygens (including phenoxy) is 3. The molecule has 0 saturated carbocycles. The van der Waals surface area contributed by atoms with Gasteiger partial charge in [-0.25, -0.2) is 4.98 Å². The van der Waals surface area contributed by atoms with Crippen LogP contribution in [0.4, 0.5) is 5.82 Å². The van der Waals surface area contributed by atoms with Gasteiger partial charge in [0.05, 0.1) is 12.2 Å². The molecule has 6 nitrogen and oxygen atoms in total. The van der Waals surface area contributed by atoms with Crippen molar-refractivity contribution in [2.24, 2.45) is 0 Å². The molecule has 1 aromatic rings. The fourth-order valence-corrected chi connectivity index (χ4v) is 1.57. The molecule has 6 heteroatoms. The Kier molecular flexibility index (Phi) is 7.39. The fourth-order valence-electron chi connectivity index (χ4n) is 1.57. The summed E-state index contributed by atoms with van der Waals surface area (Å²) in [5, 5.41) is 3.16. The molecule has 1 N–H and O–H groups in total. The third-order valence-electron chi connectivity index (χ3n) is 2.41. The molecule has 120 valence electrons. The maximum absolute atomic E-state index is 5.64. The van der Waals surface area contributed by atoms with Crippen LogP contribution in [0.25, 0.3) is 0 Å². The molecule has 0 atom stereocenters. The number of nitrogens with zero attached hydrogens (tertiary/aromatic N) is 2. The minimum absolute atomic E-state index is 0.163. The second-order valence-electron chi connectivity index (χ2n) is 5.48. The molecule has 0 aliphatic rings. The minimum Gasteiger partial charge on any atom is -0.475 e. The van der Waals surface area contributed by atoms with Crippen molar-refractivity contribution in [1.82, 2.24) is 9.97 Å². The molecular weight excluding hydrogens is 270 g/mol. The van der Waals surface area contributed by atoms with Gasteiger partial charge in [0.25, 0.3) is 0 Å². The quantitative estimate of drug-likeness (QED) is 0.707. The first-order valence-electron chi connectivity index (χ1n) is 7.41. The lowest BCUT2D eigenvalue weighted by Crippen LogP contribution is -2.22. The van der Waals surface area contributed by atoms with Gasteiger partial charge in [-0.3, -0.25) is 0 Å². The van der Waals surface area contributed by atoms with Crippen LogP contribution in [0.5, 0.6) is 5.88 Å². The van der Waals surface area contributed by atoms with Gasteiger partial charge >= 0.3 is 0 Å². The van der Waals surface area contributed by atoms with E-state index in [9.17, 15) is 0 Å². The summed E-state index contributed by atoms with van der Waals surface area (Å²) in [6, 6.07) is 1.79. The molecule has 0 aliphatic carbocycles. The zero-order valence-corrected chi connectivity index (χ0v) is 13.7. The highest BCUT2D eigenvalue weighted by atomic mass is 16.5. The van der Waals surface area contributed by atoms with Crippen LogP contribution in [0.15, 0.2) is 6.07 Å². The van der Waals surface area contributed by atoms with E-state index in [4.69, 9.17) is 14.2 Å². The lowest BCUT2D eigenvalue weighted by atomic mass is 10.2. The Hall–Kier alpha value is -1.40. The summed E-state index contributed by atoms with van der Waals surface area (Å²) in [5.41, 5.74) is -0.163. The molecule has 0 spiro atoms. The first kappa shape index (κ1) is 17.7. The van der Waals surface area contributed by atoms with Crippen molar-refractivity contribution in [2.45, 2.75) is 46.8 Å². The first-order chi connectivity index (χ1) is 9.94. The number of hydrogen-bond donors (Lipinski definition) is 1. The zero-order chi connectivity index (χ0) is 15.7. The van der Waals surface area contributed by atoms with Crippen molar-refractivity contribution in [1.29, 1.82) is 0 Å². The summed E-state index contributed by atoms with van der Waals surface area (Å²) < 4.78 is 16.6. The van der Waals surface area contributed by atoms with E-state index in [1.165, 1.54) is 0 Å². The van der Waals surface area contributed by atoms with E-state index in [0.29, 0.717) is 38.1 Å². The molecule has 0 radical (unpaired) electrons. The molecule has 1 rings (SSSR count). The van der Waals surface area contributed by atoms with E-state index < -0.39 is 0 Å². The van der Waals surface area contributed by atoms with Crippen molar-refractivity contribution in [3.8, 4) is 5.88 Å². The standard InChI is InChI=1S/C15H27N3O3/c1-6-16-12-10-14(18-13(17-12)11-19-7-2)20-8-9-21-15(3,4)5/h10H,6-9,11H2,1-5H3,(H,16,17,18). The van der Waals surface area contributed by atoms with Crippen LogP contribution in [0.1, 0.15) is 40.4 Å². The molecule has 0 aromatic carbocycles. The molecule has 0 saturated heterocycles. The molecule has 0 unspecified atom stereocenters. The van der Waals surface area contributed by atoms with Gasteiger partial charge in [-0.15, -0.1) is 0 Å². The van der Waals surface area contributed by atoms with E-state index in [2.05, 4.69) is 15.3 Å². The van der Waals surface area contributed by atoms with Gasteiger partial charge < -0.3 is 19.5 Å². The van der Waals surface area contributed by atoms with Crippen LogP contribution >= 0.6 is 0 Å². The highest BCUT2D eigenvalue weighted by Crippen LogP contribution is 2.14. The van der Waals surface area contributed by atoms with Gasteiger partial charge in [0, 0.05) is 19.2 Å². The summed E-state index contributed by atoms with van der Waals surface area (Å²) in [7, 11) is 0. The fraction of sp³-hybridized carbons (Fsp3) is 0.733. The summed E-state index contributed by atoms with van der Waals surface area (Å²) in [6.45, 7) is 12.8. The maximum Gasteiger partial charge on any atom is 0.218 e. The van der Waals surface area contributed by atoms with E-state index in [-0.39, 0.29) is 5.60 Å². The van der Waals surface area contributed by atoms with Crippen molar-refractivity contribution in [3.63, 3.8) is 0 Å². The molecule has 0 bridgehead atoms. The van der Waals surface area contributed by atoms with Crippen LogP contribution < -0.4 is 10.1 Å². The molecule has 0 amide bonds. The second-order valence-corrected chi connectivity index (χ2v) is 5.48. The maximum atomic E-state index is 5.64. The lowest BCUT2D eigenvalue weighted by Gasteiger charge is -2.19. The highest BCUT2D eigenvalue weighted by Gasteiger charge is 2.10. The Bertz CT molecular complexity index is 419. The Morgan fingerprint density at radius 3 is 2.52 bits per heavy atom. The van der Waals surface area contributed by atoms with Gasteiger partial charge in [-0.2, -0.15) is 4.98 Å². The average Bonchev–Trinajstić information content (AvgIpc) is 2.41. The minimum atomic E-state index is -0.163. The Labute approximate surface area is 127 Å². The summed E-state index contributed by atoms with van der Waals surface area (Å²) >= 11 is 0. The van der Waals surface area contributed by atoms with Crippen LogP contribution in [0, 0.1) is 0 Å². The summed E-state index contributed by atoms with van der Waals surface area (Å²) in [6.07, 6.45) is 0. The summed E-state index contributed by atoms with van der Waals surface area (Å²) in [5.74, 6) is 1.89. The Balaban J connectivity index is 2.60. The van der Waals surface area contributed by atoms with Crippen molar-refractivity contribution in [2.75, 3.05) is 31.7 Å². The van der Waals surface area contributed by atoms with Gasteiger partial charge in [-0.05, 0) is 34.6 Å². The Morgan fingerprint density at radius 1 is 1.14 bits per heavy atom. The van der Waals surface area contributed by atoms with Gasteiger partial charge in [0.1, 0.15) is 19.0 Å². The lowest BCUT2D eigenvalue weighted by molar-refractivity contribution is -0.0168. The smallest absolute Gasteiger partial charge is 0.218 e. The van der Waals surface area contributed by atoms with Crippen LogP contribution in [-0.2, 0) is 16.1 Å². The largest absolute Gasteiger partial charge is 0.475 e. The van der Waals surface area contributed by atoms with Crippen LogP contribution in [0.3, 0.4) is 0 Å². The molecule has 0 fully saturated rings. The molecule has 0 aliphatic heterocycles. The molecule has 21 heavy (non-hydrogen) atoms. The predicted molar refractivity (Wildman–Crippen MR) is 82.7 cm³/mol. The van der Waals surface area contributed by atoms with Gasteiger partial charge in [-0.1, -0.05) is 0 Å². The highest BCUT2D eigenvalue weighted by molar-refractivity contribution is 5.38. The van der Waals surface area contributed by atoms with Gasteiger partial charge in [0.2, 0.25) is 5.88 Å². The van der Waals surface area contributed by atoms with Crippen LogP contribution in [-0.4, -0.2) is 41.9 Å². The average molecular weight is 297 g/mol. The third-order valence-corrected chi connectivity index (χ3v) is 2.41. The Morgan fingerprint density at radius 2 is 1.90 bits per heavy atom. The zero-order valence-electron chi connectivity index (χ0n) is 13.7.